The SMILES string of the molecule is CC(=O)NCC1CN(c2ccc(-c3cccc(CF)c3)c(F)c2)C(=O)O1. The number of rotatable bonds is 5. The molecule has 2 amide bonds. The number of halogens is 2. The normalized spacial score (nSPS) is 16.5. The summed E-state index contributed by atoms with van der Waals surface area (Å²) < 4.78 is 32.6. The molecule has 26 heavy (non-hydrogen) atoms. The number of hydrogen-bond donors (Lipinski definition) is 1. The molecule has 0 aliphatic carbocycles. The maximum atomic E-state index is 14.6. The molecule has 1 atom stereocenters. The van der Waals surface area contributed by atoms with Gasteiger partial charge in [0.1, 0.15) is 18.6 Å². The van der Waals surface area contributed by atoms with Crippen LogP contribution in [-0.4, -0.2) is 31.2 Å². The molecule has 1 N–H and O–H groups in total. The fourth-order valence-electron chi connectivity index (χ4n) is 2.82. The van der Waals surface area contributed by atoms with Gasteiger partial charge < -0.3 is 10.1 Å². The first-order chi connectivity index (χ1) is 12.5. The van der Waals surface area contributed by atoms with Gasteiger partial charge in [0.2, 0.25) is 5.91 Å². The summed E-state index contributed by atoms with van der Waals surface area (Å²) in [6.45, 7) is 1.17. The molecule has 0 saturated carbocycles. The summed E-state index contributed by atoms with van der Waals surface area (Å²) in [5.74, 6) is -0.734. The van der Waals surface area contributed by atoms with E-state index in [0.29, 0.717) is 22.4 Å². The van der Waals surface area contributed by atoms with Crippen molar-refractivity contribution in [2.24, 2.45) is 0 Å². The Balaban J connectivity index is 1.79. The topological polar surface area (TPSA) is 58.6 Å². The van der Waals surface area contributed by atoms with Gasteiger partial charge in [0.25, 0.3) is 0 Å². The Labute approximate surface area is 149 Å². The number of carbonyl (C=O) groups is 2. The van der Waals surface area contributed by atoms with E-state index < -0.39 is 24.7 Å². The lowest BCUT2D eigenvalue weighted by atomic mass is 10.0. The minimum Gasteiger partial charge on any atom is -0.442 e. The van der Waals surface area contributed by atoms with Crippen LogP contribution in [0.1, 0.15) is 12.5 Å². The lowest BCUT2D eigenvalue weighted by Crippen LogP contribution is -2.33. The van der Waals surface area contributed by atoms with Crippen molar-refractivity contribution in [1.82, 2.24) is 5.32 Å². The number of cyclic esters (lactones) is 1. The monoisotopic (exact) mass is 360 g/mol. The maximum Gasteiger partial charge on any atom is 0.414 e. The molecule has 2 aromatic carbocycles. The Morgan fingerprint density at radius 3 is 2.81 bits per heavy atom. The van der Waals surface area contributed by atoms with Gasteiger partial charge in [-0.1, -0.05) is 18.2 Å². The van der Waals surface area contributed by atoms with Crippen molar-refractivity contribution in [1.29, 1.82) is 0 Å². The molecule has 1 aliphatic rings. The smallest absolute Gasteiger partial charge is 0.414 e. The first-order valence-corrected chi connectivity index (χ1v) is 8.15. The van der Waals surface area contributed by atoms with Crippen LogP contribution in [0.2, 0.25) is 0 Å². The number of anilines is 1. The van der Waals surface area contributed by atoms with E-state index >= 15 is 0 Å². The molecule has 1 unspecified atom stereocenters. The number of nitrogens with one attached hydrogen (secondary N) is 1. The number of benzene rings is 2. The second kappa shape index (κ2) is 7.51. The van der Waals surface area contributed by atoms with E-state index in [2.05, 4.69) is 5.32 Å². The summed E-state index contributed by atoms with van der Waals surface area (Å²) in [6, 6.07) is 11.0. The van der Waals surface area contributed by atoms with Crippen LogP contribution in [0.4, 0.5) is 19.3 Å². The molecule has 1 heterocycles. The predicted molar refractivity (Wildman–Crippen MR) is 92.9 cm³/mol. The highest BCUT2D eigenvalue weighted by molar-refractivity contribution is 5.90. The number of amides is 2. The molecule has 5 nitrogen and oxygen atoms in total. The van der Waals surface area contributed by atoms with Gasteiger partial charge in [0.15, 0.2) is 0 Å². The molecular weight excluding hydrogens is 342 g/mol. The van der Waals surface area contributed by atoms with E-state index in [1.54, 1.807) is 36.4 Å². The molecule has 1 aliphatic heterocycles. The molecule has 3 rings (SSSR count). The summed E-state index contributed by atoms with van der Waals surface area (Å²) in [7, 11) is 0. The van der Waals surface area contributed by atoms with Crippen molar-refractivity contribution in [2.75, 3.05) is 18.0 Å². The molecule has 7 heteroatoms. The zero-order valence-electron chi connectivity index (χ0n) is 14.2. The fourth-order valence-corrected chi connectivity index (χ4v) is 2.82. The quantitative estimate of drug-likeness (QED) is 0.889. The Morgan fingerprint density at radius 2 is 2.12 bits per heavy atom. The molecule has 136 valence electrons. The van der Waals surface area contributed by atoms with Crippen LogP contribution in [-0.2, 0) is 16.2 Å². The maximum absolute atomic E-state index is 14.6. The van der Waals surface area contributed by atoms with Gasteiger partial charge in [-0.25, -0.2) is 13.6 Å². The van der Waals surface area contributed by atoms with E-state index in [-0.39, 0.29) is 19.0 Å². The zero-order chi connectivity index (χ0) is 18.7. The summed E-state index contributed by atoms with van der Waals surface area (Å²) in [5.41, 5.74) is 1.72. The minimum atomic E-state index is -0.622. The van der Waals surface area contributed by atoms with E-state index in [1.165, 1.54) is 17.9 Å². The molecule has 0 aromatic heterocycles. The molecule has 2 aromatic rings. The average Bonchev–Trinajstić information content (AvgIpc) is 3.00. The number of carbonyl (C=O) groups excluding carboxylic acids is 2. The molecule has 1 fully saturated rings. The van der Waals surface area contributed by atoms with Gasteiger partial charge in [0.05, 0.1) is 18.8 Å². The van der Waals surface area contributed by atoms with Crippen molar-refractivity contribution >= 4 is 17.7 Å². The highest BCUT2D eigenvalue weighted by Crippen LogP contribution is 2.29. The average molecular weight is 360 g/mol. The van der Waals surface area contributed by atoms with Gasteiger partial charge in [-0.05, 0) is 35.4 Å². The summed E-state index contributed by atoms with van der Waals surface area (Å²) in [5, 5.41) is 2.59. The lowest BCUT2D eigenvalue weighted by Gasteiger charge is -2.14. The lowest BCUT2D eigenvalue weighted by molar-refractivity contribution is -0.119. The van der Waals surface area contributed by atoms with E-state index in [0.717, 1.165) is 0 Å². The van der Waals surface area contributed by atoms with Gasteiger partial charge in [-0.3, -0.25) is 9.69 Å². The molecule has 1 saturated heterocycles. The molecular formula is C19H18F2N2O3. The standard InChI is InChI=1S/C19H18F2N2O3/c1-12(24)22-10-16-11-23(19(25)26-16)15-5-6-17(18(21)8-15)14-4-2-3-13(7-14)9-20/h2-8,16H,9-11H2,1H3,(H,22,24). The second-order valence-electron chi connectivity index (χ2n) is 6.05. The highest BCUT2D eigenvalue weighted by atomic mass is 19.1. The Morgan fingerprint density at radius 1 is 1.31 bits per heavy atom. The van der Waals surface area contributed by atoms with Gasteiger partial charge in [0, 0.05) is 12.5 Å². The van der Waals surface area contributed by atoms with Crippen LogP contribution in [0.5, 0.6) is 0 Å². The summed E-state index contributed by atoms with van der Waals surface area (Å²) in [6.07, 6.45) is -1.08. The van der Waals surface area contributed by atoms with E-state index in [9.17, 15) is 18.4 Å². The molecule has 0 radical (unpaired) electrons. The third-order valence-corrected chi connectivity index (χ3v) is 4.11. The van der Waals surface area contributed by atoms with Gasteiger partial charge in [-0.2, -0.15) is 0 Å². The number of ether oxygens (including phenoxy) is 1. The van der Waals surface area contributed by atoms with Gasteiger partial charge >= 0.3 is 6.09 Å². The van der Waals surface area contributed by atoms with Crippen LogP contribution < -0.4 is 10.2 Å². The van der Waals surface area contributed by atoms with Crippen molar-refractivity contribution in [3.63, 3.8) is 0 Å². The van der Waals surface area contributed by atoms with Crippen LogP contribution >= 0.6 is 0 Å². The van der Waals surface area contributed by atoms with Crippen LogP contribution in [0, 0.1) is 5.82 Å². The third kappa shape index (κ3) is 3.82. The first-order valence-electron chi connectivity index (χ1n) is 8.15. The largest absolute Gasteiger partial charge is 0.442 e. The minimum absolute atomic E-state index is 0.203. The van der Waals surface area contributed by atoms with Gasteiger partial charge in [-0.15, -0.1) is 0 Å². The van der Waals surface area contributed by atoms with E-state index in [1.807, 2.05) is 0 Å². The van der Waals surface area contributed by atoms with Crippen LogP contribution in [0.3, 0.4) is 0 Å². The Hall–Kier alpha value is -2.96. The summed E-state index contributed by atoms with van der Waals surface area (Å²) in [4.78, 5) is 24.3. The fraction of sp³-hybridized carbons (Fsp3) is 0.263. The highest BCUT2D eigenvalue weighted by Gasteiger charge is 2.32. The Kier molecular flexibility index (Phi) is 5.16. The van der Waals surface area contributed by atoms with Crippen LogP contribution in [0.25, 0.3) is 11.1 Å². The second-order valence-corrected chi connectivity index (χ2v) is 6.05. The number of alkyl halides is 1. The number of nitrogens with zero attached hydrogens (tertiary/aromatic N) is 1. The number of hydrogen-bond acceptors (Lipinski definition) is 3. The predicted octanol–water partition coefficient (Wildman–Crippen LogP) is 3.42. The zero-order valence-corrected chi connectivity index (χ0v) is 14.2. The van der Waals surface area contributed by atoms with Crippen molar-refractivity contribution in [2.45, 2.75) is 19.7 Å². The van der Waals surface area contributed by atoms with Crippen LogP contribution in [0.15, 0.2) is 42.5 Å². The van der Waals surface area contributed by atoms with Crippen molar-refractivity contribution < 1.29 is 23.1 Å². The molecule has 0 spiro atoms. The Bertz CT molecular complexity index is 841. The third-order valence-electron chi connectivity index (χ3n) is 4.11. The molecule has 0 bridgehead atoms. The first kappa shape index (κ1) is 17.8. The van der Waals surface area contributed by atoms with Crippen molar-refractivity contribution in [3.8, 4) is 11.1 Å². The van der Waals surface area contributed by atoms with Crippen molar-refractivity contribution in [3.05, 3.63) is 53.8 Å². The summed E-state index contributed by atoms with van der Waals surface area (Å²) >= 11 is 0. The van der Waals surface area contributed by atoms with E-state index in [4.69, 9.17) is 4.74 Å².